The van der Waals surface area contributed by atoms with Crippen molar-refractivity contribution >= 4 is 11.8 Å². The number of nitrogens with one attached hydrogen (secondary N) is 1. The first-order valence-electron chi connectivity index (χ1n) is 6.68. The molecule has 1 aliphatic carbocycles. The van der Waals surface area contributed by atoms with E-state index in [-0.39, 0.29) is 17.7 Å². The lowest BCUT2D eigenvalue weighted by Gasteiger charge is -2.31. The minimum absolute atomic E-state index is 0.0114. The molecule has 4 nitrogen and oxygen atoms in total. The summed E-state index contributed by atoms with van der Waals surface area (Å²) in [6.45, 7) is 5.50. The first-order chi connectivity index (χ1) is 8.11. The molecule has 1 atom stereocenters. The van der Waals surface area contributed by atoms with E-state index in [1.807, 2.05) is 6.92 Å². The van der Waals surface area contributed by atoms with E-state index in [1.165, 1.54) is 17.7 Å². The van der Waals surface area contributed by atoms with Crippen molar-refractivity contribution in [2.24, 2.45) is 11.8 Å². The standard InChI is InChI=1S/C13H22N2O2/c1-3-14-11(10-4-5-10)8-15-12(16)6-9(2)7-13(15)17/h9-11,14H,3-8H2,1-2H3. The molecule has 2 rings (SSSR count). The number of carbonyl (C=O) groups excluding carboxylic acids is 2. The van der Waals surface area contributed by atoms with Gasteiger partial charge in [0.15, 0.2) is 0 Å². The summed E-state index contributed by atoms with van der Waals surface area (Å²) < 4.78 is 0. The fourth-order valence-corrected chi connectivity index (χ4v) is 2.57. The summed E-state index contributed by atoms with van der Waals surface area (Å²) in [5, 5.41) is 3.40. The van der Waals surface area contributed by atoms with Gasteiger partial charge in [0.05, 0.1) is 0 Å². The fourth-order valence-electron chi connectivity index (χ4n) is 2.57. The van der Waals surface area contributed by atoms with Gasteiger partial charge in [0.1, 0.15) is 0 Å². The molecule has 1 aliphatic heterocycles. The van der Waals surface area contributed by atoms with E-state index < -0.39 is 0 Å². The Kier molecular flexibility index (Phi) is 3.82. The Bertz CT molecular complexity index is 295. The molecule has 1 saturated heterocycles. The van der Waals surface area contributed by atoms with Crippen LogP contribution in [0.2, 0.25) is 0 Å². The second-order valence-electron chi connectivity index (χ2n) is 5.41. The molecule has 2 fully saturated rings. The minimum Gasteiger partial charge on any atom is -0.312 e. The van der Waals surface area contributed by atoms with Crippen molar-refractivity contribution in [1.82, 2.24) is 10.2 Å². The molecule has 1 heterocycles. The van der Waals surface area contributed by atoms with Gasteiger partial charge in [-0.2, -0.15) is 0 Å². The summed E-state index contributed by atoms with van der Waals surface area (Å²) in [5.74, 6) is 0.897. The van der Waals surface area contributed by atoms with Gasteiger partial charge >= 0.3 is 0 Å². The van der Waals surface area contributed by atoms with Crippen LogP contribution in [0.5, 0.6) is 0 Å². The summed E-state index contributed by atoms with van der Waals surface area (Å²) in [6, 6.07) is 0.307. The molecule has 2 aliphatic rings. The zero-order chi connectivity index (χ0) is 12.4. The Morgan fingerprint density at radius 1 is 1.29 bits per heavy atom. The number of piperidine rings is 1. The van der Waals surface area contributed by atoms with Gasteiger partial charge in [-0.15, -0.1) is 0 Å². The number of nitrogens with zero attached hydrogens (tertiary/aromatic N) is 1. The molecule has 0 spiro atoms. The van der Waals surface area contributed by atoms with Crippen LogP contribution in [0.3, 0.4) is 0 Å². The highest BCUT2D eigenvalue weighted by Gasteiger charge is 2.36. The van der Waals surface area contributed by atoms with Crippen LogP contribution in [0.25, 0.3) is 0 Å². The van der Waals surface area contributed by atoms with Crippen LogP contribution in [0, 0.1) is 11.8 Å². The molecule has 2 amide bonds. The normalized spacial score (nSPS) is 24.2. The van der Waals surface area contributed by atoms with E-state index in [9.17, 15) is 9.59 Å². The third kappa shape index (κ3) is 3.06. The fraction of sp³-hybridized carbons (Fsp3) is 0.846. The third-order valence-corrected chi connectivity index (χ3v) is 3.68. The maximum Gasteiger partial charge on any atom is 0.229 e. The van der Waals surface area contributed by atoms with Gasteiger partial charge in [-0.25, -0.2) is 0 Å². The lowest BCUT2D eigenvalue weighted by Crippen LogP contribution is -2.50. The Labute approximate surface area is 103 Å². The number of likely N-dealkylation sites (N-methyl/N-ethyl adjacent to an activating group) is 1. The monoisotopic (exact) mass is 238 g/mol. The third-order valence-electron chi connectivity index (χ3n) is 3.68. The van der Waals surface area contributed by atoms with E-state index in [0.717, 1.165) is 6.54 Å². The van der Waals surface area contributed by atoms with Gasteiger partial charge in [0.25, 0.3) is 0 Å². The van der Waals surface area contributed by atoms with Crippen molar-refractivity contribution in [2.75, 3.05) is 13.1 Å². The number of hydrogen-bond acceptors (Lipinski definition) is 3. The summed E-state index contributed by atoms with van der Waals surface area (Å²) in [6.07, 6.45) is 3.50. The van der Waals surface area contributed by atoms with Crippen molar-refractivity contribution in [3.05, 3.63) is 0 Å². The summed E-state index contributed by atoms with van der Waals surface area (Å²) in [4.78, 5) is 25.2. The van der Waals surface area contributed by atoms with Crippen LogP contribution in [0.15, 0.2) is 0 Å². The zero-order valence-electron chi connectivity index (χ0n) is 10.7. The molecule has 96 valence electrons. The number of hydrogen-bond donors (Lipinski definition) is 1. The van der Waals surface area contributed by atoms with Crippen molar-refractivity contribution in [3.8, 4) is 0 Å². The SMILES string of the molecule is CCNC(CN1C(=O)CC(C)CC1=O)C1CC1. The smallest absolute Gasteiger partial charge is 0.229 e. The molecule has 0 aromatic rings. The second kappa shape index (κ2) is 5.17. The molecule has 0 bridgehead atoms. The second-order valence-corrected chi connectivity index (χ2v) is 5.41. The Hall–Kier alpha value is -0.900. The predicted molar refractivity (Wildman–Crippen MR) is 65.3 cm³/mol. The molecule has 0 radical (unpaired) electrons. The highest BCUT2D eigenvalue weighted by Crippen LogP contribution is 2.33. The van der Waals surface area contributed by atoms with Crippen molar-refractivity contribution in [3.63, 3.8) is 0 Å². The van der Waals surface area contributed by atoms with Gasteiger partial charge in [0, 0.05) is 25.4 Å². The number of imide groups is 1. The first-order valence-corrected chi connectivity index (χ1v) is 6.68. The summed E-state index contributed by atoms with van der Waals surface area (Å²) in [7, 11) is 0. The molecule has 1 N–H and O–H groups in total. The highest BCUT2D eigenvalue weighted by molar-refractivity contribution is 5.97. The topological polar surface area (TPSA) is 49.4 Å². The van der Waals surface area contributed by atoms with Gasteiger partial charge in [0.2, 0.25) is 11.8 Å². The van der Waals surface area contributed by atoms with Gasteiger partial charge in [-0.05, 0) is 31.2 Å². The quantitative estimate of drug-likeness (QED) is 0.731. The summed E-state index contributed by atoms with van der Waals surface area (Å²) in [5.41, 5.74) is 0. The number of amides is 2. The Morgan fingerprint density at radius 2 is 1.88 bits per heavy atom. The number of likely N-dealkylation sites (tertiary alicyclic amines) is 1. The lowest BCUT2D eigenvalue weighted by molar-refractivity contribution is -0.150. The molecule has 4 heteroatoms. The molecule has 17 heavy (non-hydrogen) atoms. The first kappa shape index (κ1) is 12.6. The van der Waals surface area contributed by atoms with Crippen LogP contribution in [0.1, 0.15) is 39.5 Å². The van der Waals surface area contributed by atoms with Crippen LogP contribution >= 0.6 is 0 Å². The van der Waals surface area contributed by atoms with Crippen LogP contribution in [-0.2, 0) is 9.59 Å². The van der Waals surface area contributed by atoms with Gasteiger partial charge in [-0.1, -0.05) is 13.8 Å². The molecular formula is C13H22N2O2. The molecule has 0 aromatic carbocycles. The van der Waals surface area contributed by atoms with E-state index in [0.29, 0.717) is 31.3 Å². The average Bonchev–Trinajstić information content (AvgIpc) is 3.05. The van der Waals surface area contributed by atoms with Crippen LogP contribution in [0.4, 0.5) is 0 Å². The van der Waals surface area contributed by atoms with Crippen LogP contribution < -0.4 is 5.32 Å². The average molecular weight is 238 g/mol. The molecule has 0 aromatic heterocycles. The van der Waals surface area contributed by atoms with Gasteiger partial charge in [-0.3, -0.25) is 14.5 Å². The van der Waals surface area contributed by atoms with E-state index in [1.54, 1.807) is 0 Å². The Balaban J connectivity index is 1.95. The summed E-state index contributed by atoms with van der Waals surface area (Å²) >= 11 is 0. The molecular weight excluding hydrogens is 216 g/mol. The molecule has 1 unspecified atom stereocenters. The zero-order valence-corrected chi connectivity index (χ0v) is 10.7. The maximum atomic E-state index is 11.9. The van der Waals surface area contributed by atoms with Gasteiger partial charge < -0.3 is 5.32 Å². The minimum atomic E-state index is 0.0114. The van der Waals surface area contributed by atoms with E-state index >= 15 is 0 Å². The number of rotatable bonds is 5. The van der Waals surface area contributed by atoms with Crippen molar-refractivity contribution in [2.45, 2.75) is 45.6 Å². The van der Waals surface area contributed by atoms with E-state index in [2.05, 4.69) is 12.2 Å². The van der Waals surface area contributed by atoms with E-state index in [4.69, 9.17) is 0 Å². The van der Waals surface area contributed by atoms with Crippen LogP contribution in [-0.4, -0.2) is 35.8 Å². The largest absolute Gasteiger partial charge is 0.312 e. The Morgan fingerprint density at radius 3 is 2.35 bits per heavy atom. The number of carbonyl (C=O) groups is 2. The highest BCUT2D eigenvalue weighted by atomic mass is 16.2. The maximum absolute atomic E-state index is 11.9. The van der Waals surface area contributed by atoms with Crippen molar-refractivity contribution in [1.29, 1.82) is 0 Å². The van der Waals surface area contributed by atoms with Crippen molar-refractivity contribution < 1.29 is 9.59 Å². The predicted octanol–water partition coefficient (Wildman–Crippen LogP) is 1.16. The lowest BCUT2D eigenvalue weighted by atomic mass is 9.97. The molecule has 1 saturated carbocycles.